The van der Waals surface area contributed by atoms with Gasteiger partial charge in [-0.25, -0.2) is 0 Å². The van der Waals surface area contributed by atoms with Crippen molar-refractivity contribution in [1.29, 1.82) is 0 Å². The van der Waals surface area contributed by atoms with Gasteiger partial charge in [0.1, 0.15) is 0 Å². The molecule has 1 fully saturated rings. The van der Waals surface area contributed by atoms with Crippen molar-refractivity contribution in [1.82, 2.24) is 0 Å². The maximum absolute atomic E-state index is 2.87. The maximum atomic E-state index is 2.87. The summed E-state index contributed by atoms with van der Waals surface area (Å²) >= 11 is 2.11. The van der Waals surface area contributed by atoms with Crippen LogP contribution in [0.25, 0.3) is 10.1 Å². The second-order valence-electron chi connectivity index (χ2n) is 29.3. The van der Waals surface area contributed by atoms with Gasteiger partial charge >= 0.3 is 0 Å². The molecule has 0 unspecified atom stereocenters. The van der Waals surface area contributed by atoms with Crippen LogP contribution < -0.4 is 25.5 Å². The molecule has 3 heterocycles. The molecule has 6 aliphatic rings. The quantitative estimate of drug-likeness (QED) is 0.163. The zero-order chi connectivity index (χ0) is 51.2. The Morgan fingerprint density at radius 2 is 0.931 bits per heavy atom. The summed E-state index contributed by atoms with van der Waals surface area (Å²) in [5.41, 5.74) is 26.9. The fourth-order valence-electron chi connectivity index (χ4n) is 15.1. The van der Waals surface area contributed by atoms with Crippen molar-refractivity contribution >= 4 is 78.0 Å². The number of thiophene rings is 1. The first-order chi connectivity index (χ1) is 33.6. The van der Waals surface area contributed by atoms with E-state index in [2.05, 4.69) is 206 Å². The molecule has 72 heavy (non-hydrogen) atoms. The van der Waals surface area contributed by atoms with Crippen molar-refractivity contribution in [3.8, 4) is 0 Å². The standard InChI is InChI=1S/C68H85BN2S/c1-40-31-46-49(66(12,13)28-25-63(46,6)7)37-54(40)70-53-24-23-44(62(3,4)5)35-52(53)69-59-56(70)33-43(42-21-19-18-20-22-42)34-57(59)71(55-38-50-47(32-41(55)2)64(8,9)26-29-67(50,14)15)60-45-36-48-51(39-58(45)72-61(60)69)68(16,17)30-27-65(48,10)11/h23-24,31-39,42H,18-22,25-30H2,1-17H3. The molecule has 0 radical (unpaired) electrons. The van der Waals surface area contributed by atoms with Crippen LogP contribution in [-0.4, -0.2) is 6.71 Å². The molecule has 12 rings (SSSR count). The van der Waals surface area contributed by atoms with Crippen molar-refractivity contribution in [2.45, 2.75) is 232 Å². The number of hydrogen-bond donors (Lipinski definition) is 0. The predicted octanol–water partition coefficient (Wildman–Crippen LogP) is 18.0. The SMILES string of the molecule is Cc1cc2c(cc1N1c3ccc(C(C)(C)C)cc3B3c4sc5cc6c(cc5c4N(c4cc5c(cc4C)C(C)(C)CCC5(C)C)c4cc(C5CCCCC5)cc1c43)C(C)(C)CCC6(C)C)C(C)(C)CCC2(C)C. The molecular weight excluding hydrogens is 888 g/mol. The summed E-state index contributed by atoms with van der Waals surface area (Å²) in [7, 11) is 0. The number of anilines is 6. The molecule has 4 heteroatoms. The fourth-order valence-corrected chi connectivity index (χ4v) is 16.5. The maximum Gasteiger partial charge on any atom is 0.264 e. The third-order valence-corrected chi connectivity index (χ3v) is 21.6. The second-order valence-corrected chi connectivity index (χ2v) is 30.4. The lowest BCUT2D eigenvalue weighted by Gasteiger charge is -2.47. The average Bonchev–Trinajstić information content (AvgIpc) is 3.69. The highest BCUT2D eigenvalue weighted by atomic mass is 32.1. The van der Waals surface area contributed by atoms with E-state index in [1.165, 1.54) is 164 Å². The second kappa shape index (κ2) is 15.6. The van der Waals surface area contributed by atoms with Gasteiger partial charge in [0, 0.05) is 43.3 Å². The summed E-state index contributed by atoms with van der Waals surface area (Å²) in [5, 5.41) is 1.44. The molecule has 0 bridgehead atoms. The molecule has 4 aliphatic carbocycles. The van der Waals surface area contributed by atoms with Gasteiger partial charge in [0.25, 0.3) is 6.71 Å². The Morgan fingerprint density at radius 1 is 0.486 bits per heavy atom. The first kappa shape index (κ1) is 48.7. The highest BCUT2D eigenvalue weighted by Gasteiger charge is 2.49. The van der Waals surface area contributed by atoms with E-state index in [0.717, 1.165) is 0 Å². The van der Waals surface area contributed by atoms with Gasteiger partial charge in [-0.1, -0.05) is 147 Å². The van der Waals surface area contributed by atoms with Crippen LogP contribution in [0.15, 0.2) is 66.7 Å². The lowest BCUT2D eigenvalue weighted by Crippen LogP contribution is -2.60. The highest BCUT2D eigenvalue weighted by Crippen LogP contribution is 2.57. The number of fused-ring (bicyclic) bond motifs is 9. The van der Waals surface area contributed by atoms with Gasteiger partial charge in [-0.15, -0.1) is 11.3 Å². The Bertz CT molecular complexity index is 3260. The molecule has 2 nitrogen and oxygen atoms in total. The molecule has 1 aromatic heterocycles. The third-order valence-electron chi connectivity index (χ3n) is 20.4. The lowest BCUT2D eigenvalue weighted by molar-refractivity contribution is 0.332. The van der Waals surface area contributed by atoms with Crippen LogP contribution in [0.1, 0.15) is 236 Å². The number of nitrogens with zero attached hydrogens (tertiary/aromatic N) is 2. The van der Waals surface area contributed by atoms with Crippen LogP contribution in [0, 0.1) is 13.8 Å². The molecule has 0 saturated heterocycles. The molecule has 2 aliphatic heterocycles. The van der Waals surface area contributed by atoms with E-state index in [4.69, 9.17) is 0 Å². The van der Waals surface area contributed by atoms with Crippen LogP contribution in [0.2, 0.25) is 0 Å². The van der Waals surface area contributed by atoms with Crippen molar-refractivity contribution in [3.63, 3.8) is 0 Å². The van der Waals surface area contributed by atoms with Crippen molar-refractivity contribution in [3.05, 3.63) is 122 Å². The van der Waals surface area contributed by atoms with E-state index in [0.29, 0.717) is 5.92 Å². The number of hydrogen-bond acceptors (Lipinski definition) is 3. The normalized spacial score (nSPS) is 21.9. The van der Waals surface area contributed by atoms with Crippen LogP contribution >= 0.6 is 11.3 Å². The van der Waals surface area contributed by atoms with Crippen molar-refractivity contribution in [2.75, 3.05) is 9.80 Å². The lowest BCUT2D eigenvalue weighted by atomic mass is 9.36. The third kappa shape index (κ3) is 7.19. The van der Waals surface area contributed by atoms with Crippen molar-refractivity contribution in [2.24, 2.45) is 0 Å². The largest absolute Gasteiger partial charge is 0.311 e. The van der Waals surface area contributed by atoms with Gasteiger partial charge in [0.2, 0.25) is 0 Å². The molecule has 6 aromatic rings. The molecule has 0 spiro atoms. The zero-order valence-corrected chi connectivity index (χ0v) is 48.4. The van der Waals surface area contributed by atoms with Gasteiger partial charge in [0.05, 0.1) is 5.69 Å². The summed E-state index contributed by atoms with van der Waals surface area (Å²) in [5.74, 6) is 0.538. The number of benzene rings is 5. The summed E-state index contributed by atoms with van der Waals surface area (Å²) in [6.45, 7) is 42.2. The number of aryl methyl sites for hydroxylation is 2. The predicted molar refractivity (Wildman–Crippen MR) is 316 cm³/mol. The van der Waals surface area contributed by atoms with Gasteiger partial charge in [0.15, 0.2) is 0 Å². The Morgan fingerprint density at radius 3 is 1.43 bits per heavy atom. The Hall–Kier alpha value is -4.28. The summed E-state index contributed by atoms with van der Waals surface area (Å²) in [4.78, 5) is 5.67. The Labute approximate surface area is 439 Å². The van der Waals surface area contributed by atoms with E-state index in [-0.39, 0.29) is 44.6 Å². The minimum atomic E-state index is -0.00805. The molecule has 5 aromatic carbocycles. The first-order valence-electron chi connectivity index (χ1n) is 28.4. The smallest absolute Gasteiger partial charge is 0.264 e. The molecule has 0 amide bonds. The number of rotatable bonds is 3. The van der Waals surface area contributed by atoms with Crippen LogP contribution in [-0.2, 0) is 37.9 Å². The molecular formula is C68H85BN2S. The van der Waals surface area contributed by atoms with E-state index < -0.39 is 0 Å². The van der Waals surface area contributed by atoms with E-state index in [1.807, 2.05) is 0 Å². The van der Waals surface area contributed by atoms with Crippen LogP contribution in [0.4, 0.5) is 34.1 Å². The minimum Gasteiger partial charge on any atom is -0.311 e. The fraction of sp³-hybridized carbons (Fsp3) is 0.529. The van der Waals surface area contributed by atoms with E-state index in [9.17, 15) is 0 Å². The van der Waals surface area contributed by atoms with Crippen LogP contribution in [0.5, 0.6) is 0 Å². The minimum absolute atomic E-state index is 0.00805. The van der Waals surface area contributed by atoms with Crippen molar-refractivity contribution < 1.29 is 0 Å². The molecule has 0 atom stereocenters. The van der Waals surface area contributed by atoms with Gasteiger partial charge < -0.3 is 9.80 Å². The van der Waals surface area contributed by atoms with Gasteiger partial charge in [-0.3, -0.25) is 0 Å². The van der Waals surface area contributed by atoms with E-state index >= 15 is 0 Å². The summed E-state index contributed by atoms with van der Waals surface area (Å²) < 4.78 is 2.95. The van der Waals surface area contributed by atoms with Gasteiger partial charge in [-0.2, -0.15) is 0 Å². The summed E-state index contributed by atoms with van der Waals surface area (Å²) in [6.07, 6.45) is 13.7. The zero-order valence-electron chi connectivity index (χ0n) is 47.6. The highest BCUT2D eigenvalue weighted by molar-refractivity contribution is 7.33. The Balaban J connectivity index is 1.24. The average molecular weight is 973 g/mol. The summed E-state index contributed by atoms with van der Waals surface area (Å²) in [6, 6.07) is 29.2. The molecule has 0 N–H and O–H groups in total. The monoisotopic (exact) mass is 973 g/mol. The topological polar surface area (TPSA) is 6.48 Å². The van der Waals surface area contributed by atoms with Gasteiger partial charge in [-0.05, 0) is 218 Å². The van der Waals surface area contributed by atoms with E-state index in [1.54, 1.807) is 22.3 Å². The molecule has 376 valence electrons. The van der Waals surface area contributed by atoms with Crippen LogP contribution in [0.3, 0.4) is 0 Å². The Kier molecular flexibility index (Phi) is 10.6. The molecule has 1 saturated carbocycles. The first-order valence-corrected chi connectivity index (χ1v) is 29.3.